The molecular formula is C10H13N3O7S. The number of hydrogen-bond acceptors (Lipinski definition) is 9. The standard InChI is InChI=1S/C10H13N3O7S/c1-19-9(15)7-8(10(16)20-2)13(12-11-7)5-3-21(17,18)4-6(5)14/h5-6,14H,3-4H2,1-2H3. The van der Waals surface area contributed by atoms with Crippen LogP contribution in [0.1, 0.15) is 27.0 Å². The van der Waals surface area contributed by atoms with Gasteiger partial charge in [-0.15, -0.1) is 5.10 Å². The molecule has 21 heavy (non-hydrogen) atoms. The van der Waals surface area contributed by atoms with Crippen LogP contribution in [0.2, 0.25) is 0 Å². The molecule has 2 rings (SSSR count). The molecule has 11 heteroatoms. The SMILES string of the molecule is COC(=O)c1nnn(C2CS(=O)(=O)CC2O)c1C(=O)OC. The molecule has 0 bridgehead atoms. The van der Waals surface area contributed by atoms with Gasteiger partial charge in [-0.1, -0.05) is 5.21 Å². The van der Waals surface area contributed by atoms with Crippen LogP contribution < -0.4 is 0 Å². The number of ether oxygens (including phenoxy) is 2. The number of aromatic nitrogens is 3. The summed E-state index contributed by atoms with van der Waals surface area (Å²) in [5.74, 6) is -2.72. The Morgan fingerprint density at radius 1 is 1.24 bits per heavy atom. The van der Waals surface area contributed by atoms with E-state index in [0.29, 0.717) is 0 Å². The van der Waals surface area contributed by atoms with Gasteiger partial charge in [0.05, 0.1) is 37.9 Å². The molecule has 10 nitrogen and oxygen atoms in total. The highest BCUT2D eigenvalue weighted by atomic mass is 32.2. The third-order valence-electron chi connectivity index (χ3n) is 3.06. The second-order valence-electron chi connectivity index (χ2n) is 4.43. The summed E-state index contributed by atoms with van der Waals surface area (Å²) in [6.45, 7) is 0. The van der Waals surface area contributed by atoms with Crippen molar-refractivity contribution in [3.05, 3.63) is 11.4 Å². The zero-order chi connectivity index (χ0) is 15.8. The summed E-state index contributed by atoms with van der Waals surface area (Å²) < 4.78 is 33.0. The molecule has 2 unspecified atom stereocenters. The van der Waals surface area contributed by atoms with Crippen LogP contribution in [0, 0.1) is 0 Å². The van der Waals surface area contributed by atoms with E-state index in [-0.39, 0.29) is 5.69 Å². The lowest BCUT2D eigenvalue weighted by atomic mass is 10.2. The molecule has 1 aromatic heterocycles. The van der Waals surface area contributed by atoms with E-state index in [1.54, 1.807) is 0 Å². The van der Waals surface area contributed by atoms with Crippen LogP contribution in [0.15, 0.2) is 0 Å². The third-order valence-corrected chi connectivity index (χ3v) is 4.76. The first-order valence-electron chi connectivity index (χ1n) is 5.81. The predicted octanol–water partition coefficient (Wildman–Crippen LogP) is -1.82. The zero-order valence-corrected chi connectivity index (χ0v) is 12.0. The van der Waals surface area contributed by atoms with Crippen LogP contribution in [-0.4, -0.2) is 72.3 Å². The largest absolute Gasteiger partial charge is 0.464 e. The maximum atomic E-state index is 11.8. The summed E-state index contributed by atoms with van der Waals surface area (Å²) in [5.41, 5.74) is -0.758. The number of aliphatic hydroxyl groups is 1. The minimum Gasteiger partial charge on any atom is -0.464 e. The quantitative estimate of drug-likeness (QED) is 0.638. The molecule has 0 saturated carbocycles. The van der Waals surface area contributed by atoms with Gasteiger partial charge in [0.1, 0.15) is 0 Å². The van der Waals surface area contributed by atoms with Crippen LogP contribution in [-0.2, 0) is 19.3 Å². The Balaban J connectivity index is 2.52. The number of carbonyl (C=O) groups is 2. The average molecular weight is 319 g/mol. The van der Waals surface area contributed by atoms with Crippen molar-refractivity contribution >= 4 is 21.8 Å². The van der Waals surface area contributed by atoms with Crippen LogP contribution in [0.3, 0.4) is 0 Å². The summed E-state index contributed by atoms with van der Waals surface area (Å²) in [7, 11) is -1.29. The Bertz CT molecular complexity index is 681. The van der Waals surface area contributed by atoms with Crippen LogP contribution in [0.4, 0.5) is 0 Å². The van der Waals surface area contributed by atoms with Crippen molar-refractivity contribution in [3.63, 3.8) is 0 Å². The number of sulfone groups is 1. The summed E-state index contributed by atoms with van der Waals surface area (Å²) in [4.78, 5) is 23.4. The zero-order valence-electron chi connectivity index (χ0n) is 11.2. The van der Waals surface area contributed by atoms with Crippen LogP contribution in [0.25, 0.3) is 0 Å². The van der Waals surface area contributed by atoms with Crippen molar-refractivity contribution in [2.75, 3.05) is 25.7 Å². The van der Waals surface area contributed by atoms with Gasteiger partial charge in [-0.2, -0.15) is 0 Å². The van der Waals surface area contributed by atoms with Gasteiger partial charge in [0, 0.05) is 0 Å². The Morgan fingerprint density at radius 3 is 2.33 bits per heavy atom. The maximum absolute atomic E-state index is 11.8. The number of carbonyl (C=O) groups excluding carboxylic acids is 2. The Morgan fingerprint density at radius 2 is 1.86 bits per heavy atom. The molecule has 116 valence electrons. The fraction of sp³-hybridized carbons (Fsp3) is 0.600. The van der Waals surface area contributed by atoms with Gasteiger partial charge < -0.3 is 14.6 Å². The van der Waals surface area contributed by atoms with Gasteiger partial charge in [0.15, 0.2) is 15.5 Å². The van der Waals surface area contributed by atoms with Crippen LogP contribution >= 0.6 is 0 Å². The molecule has 2 heterocycles. The average Bonchev–Trinajstić information content (AvgIpc) is 2.97. The van der Waals surface area contributed by atoms with Crippen molar-refractivity contribution in [1.29, 1.82) is 0 Å². The minimum atomic E-state index is -3.47. The molecule has 1 aliphatic rings. The van der Waals surface area contributed by atoms with Gasteiger partial charge in [-0.25, -0.2) is 22.7 Å². The van der Waals surface area contributed by atoms with E-state index in [2.05, 4.69) is 19.8 Å². The molecule has 1 aromatic rings. The number of hydrogen-bond donors (Lipinski definition) is 1. The molecule has 1 saturated heterocycles. The molecule has 1 N–H and O–H groups in total. The summed E-state index contributed by atoms with van der Waals surface area (Å²) in [6.07, 6.45) is -1.26. The molecule has 0 amide bonds. The smallest absolute Gasteiger partial charge is 0.361 e. The van der Waals surface area contributed by atoms with E-state index in [0.717, 1.165) is 18.9 Å². The second kappa shape index (κ2) is 5.41. The molecule has 0 radical (unpaired) electrons. The van der Waals surface area contributed by atoms with Gasteiger partial charge in [0.25, 0.3) is 0 Å². The lowest BCUT2D eigenvalue weighted by molar-refractivity contribution is 0.0536. The first-order valence-corrected chi connectivity index (χ1v) is 7.63. The number of methoxy groups -OCH3 is 2. The molecule has 0 aromatic carbocycles. The second-order valence-corrected chi connectivity index (χ2v) is 6.58. The van der Waals surface area contributed by atoms with Gasteiger partial charge >= 0.3 is 11.9 Å². The molecule has 1 fully saturated rings. The molecule has 1 aliphatic heterocycles. The molecule has 0 aliphatic carbocycles. The van der Waals surface area contributed by atoms with Gasteiger partial charge in [0.2, 0.25) is 5.69 Å². The minimum absolute atomic E-state index is 0.356. The van der Waals surface area contributed by atoms with E-state index in [4.69, 9.17) is 0 Å². The monoisotopic (exact) mass is 319 g/mol. The number of esters is 2. The van der Waals surface area contributed by atoms with E-state index in [1.165, 1.54) is 0 Å². The highest BCUT2D eigenvalue weighted by molar-refractivity contribution is 7.91. The van der Waals surface area contributed by atoms with Crippen molar-refractivity contribution in [2.45, 2.75) is 12.1 Å². The van der Waals surface area contributed by atoms with Crippen molar-refractivity contribution in [3.8, 4) is 0 Å². The van der Waals surface area contributed by atoms with E-state index in [1.807, 2.05) is 0 Å². The molecule has 0 spiro atoms. The van der Waals surface area contributed by atoms with E-state index < -0.39 is 51.1 Å². The normalized spacial score (nSPS) is 23.8. The first-order chi connectivity index (χ1) is 9.80. The topological polar surface area (TPSA) is 138 Å². The summed E-state index contributed by atoms with van der Waals surface area (Å²) >= 11 is 0. The van der Waals surface area contributed by atoms with Crippen molar-refractivity contribution < 1.29 is 32.6 Å². The molecular weight excluding hydrogens is 306 g/mol. The van der Waals surface area contributed by atoms with Gasteiger partial charge in [-0.3, -0.25) is 0 Å². The van der Waals surface area contributed by atoms with E-state index >= 15 is 0 Å². The number of aliphatic hydroxyl groups excluding tert-OH is 1. The number of nitrogens with zero attached hydrogens (tertiary/aromatic N) is 3. The lowest BCUT2D eigenvalue weighted by Crippen LogP contribution is -2.27. The fourth-order valence-corrected chi connectivity index (χ4v) is 3.85. The highest BCUT2D eigenvalue weighted by Crippen LogP contribution is 2.26. The highest BCUT2D eigenvalue weighted by Gasteiger charge is 2.41. The summed E-state index contributed by atoms with van der Waals surface area (Å²) in [5, 5.41) is 16.9. The van der Waals surface area contributed by atoms with Crippen molar-refractivity contribution in [2.24, 2.45) is 0 Å². The first kappa shape index (κ1) is 15.4. The van der Waals surface area contributed by atoms with Gasteiger partial charge in [-0.05, 0) is 0 Å². The maximum Gasteiger partial charge on any atom is 0.361 e. The van der Waals surface area contributed by atoms with E-state index in [9.17, 15) is 23.1 Å². The third kappa shape index (κ3) is 2.74. The van der Waals surface area contributed by atoms with Crippen LogP contribution in [0.5, 0.6) is 0 Å². The fourth-order valence-electron chi connectivity index (χ4n) is 2.09. The summed E-state index contributed by atoms with van der Waals surface area (Å²) in [6, 6.07) is -1.02. The number of rotatable bonds is 3. The lowest BCUT2D eigenvalue weighted by Gasteiger charge is -2.14. The van der Waals surface area contributed by atoms with Crippen molar-refractivity contribution in [1.82, 2.24) is 15.0 Å². The Hall–Kier alpha value is -2.01. The Labute approximate surface area is 119 Å². The predicted molar refractivity (Wildman–Crippen MR) is 66.4 cm³/mol. The Kier molecular flexibility index (Phi) is 3.96. The molecule has 2 atom stereocenters.